The monoisotopic (exact) mass is 425 g/mol. The number of anilines is 1. The zero-order chi connectivity index (χ0) is 22.4. The lowest BCUT2D eigenvalue weighted by Gasteiger charge is -2.35. The van der Waals surface area contributed by atoms with E-state index >= 15 is 0 Å². The van der Waals surface area contributed by atoms with Gasteiger partial charge in [-0.05, 0) is 48.4 Å². The Labute approximate surface area is 184 Å². The van der Waals surface area contributed by atoms with Gasteiger partial charge in [0.15, 0.2) is 11.5 Å². The summed E-state index contributed by atoms with van der Waals surface area (Å²) in [6, 6.07) is 13.3. The van der Waals surface area contributed by atoms with Gasteiger partial charge in [0.1, 0.15) is 0 Å². The number of rotatable bonds is 7. The maximum atomic E-state index is 12.8. The molecule has 0 spiro atoms. The van der Waals surface area contributed by atoms with Crippen LogP contribution in [0.2, 0.25) is 0 Å². The Kier molecular flexibility index (Phi) is 7.39. The summed E-state index contributed by atoms with van der Waals surface area (Å²) in [5.41, 5.74) is 2.77. The van der Waals surface area contributed by atoms with Crippen LogP contribution in [0.5, 0.6) is 11.5 Å². The molecule has 7 heteroatoms. The second-order valence-corrected chi connectivity index (χ2v) is 7.80. The van der Waals surface area contributed by atoms with Gasteiger partial charge < -0.3 is 24.2 Å². The van der Waals surface area contributed by atoms with Crippen molar-refractivity contribution in [1.29, 1.82) is 0 Å². The Hall–Kier alpha value is -3.22. The first-order valence-corrected chi connectivity index (χ1v) is 10.5. The van der Waals surface area contributed by atoms with Crippen molar-refractivity contribution in [2.45, 2.75) is 12.8 Å². The van der Waals surface area contributed by atoms with E-state index in [0.717, 1.165) is 11.3 Å². The van der Waals surface area contributed by atoms with Crippen molar-refractivity contribution in [1.82, 2.24) is 9.80 Å². The molecule has 0 bridgehead atoms. The smallest absolute Gasteiger partial charge is 0.253 e. The number of piperazine rings is 1. The summed E-state index contributed by atoms with van der Waals surface area (Å²) in [5.74, 6) is 1.47. The van der Waals surface area contributed by atoms with Crippen molar-refractivity contribution in [3.05, 3.63) is 53.6 Å². The van der Waals surface area contributed by atoms with Gasteiger partial charge in [-0.15, -0.1) is 0 Å². The van der Waals surface area contributed by atoms with Crippen LogP contribution in [0.3, 0.4) is 0 Å². The molecule has 1 fully saturated rings. The average molecular weight is 426 g/mol. The van der Waals surface area contributed by atoms with E-state index in [4.69, 9.17) is 9.47 Å². The maximum Gasteiger partial charge on any atom is 0.253 e. The number of ether oxygens (including phenoxy) is 2. The van der Waals surface area contributed by atoms with Crippen LogP contribution in [0.25, 0.3) is 0 Å². The minimum absolute atomic E-state index is 0.0164. The lowest BCUT2D eigenvalue weighted by Crippen LogP contribution is -2.50. The molecular weight excluding hydrogens is 394 g/mol. The average Bonchev–Trinajstić information content (AvgIpc) is 2.81. The Morgan fingerprint density at radius 1 is 0.871 bits per heavy atom. The summed E-state index contributed by atoms with van der Waals surface area (Å²) >= 11 is 0. The van der Waals surface area contributed by atoms with E-state index in [9.17, 15) is 9.59 Å². The highest BCUT2D eigenvalue weighted by Gasteiger charge is 2.24. The number of hydrogen-bond donors (Lipinski definition) is 0. The molecule has 1 aliphatic rings. The Morgan fingerprint density at radius 3 is 2.06 bits per heavy atom. The normalized spacial score (nSPS) is 13.7. The van der Waals surface area contributed by atoms with Crippen molar-refractivity contribution in [3.8, 4) is 11.5 Å². The first-order chi connectivity index (χ1) is 14.9. The summed E-state index contributed by atoms with van der Waals surface area (Å²) in [7, 11) is 7.14. The predicted molar refractivity (Wildman–Crippen MR) is 121 cm³/mol. The van der Waals surface area contributed by atoms with Crippen LogP contribution in [0.15, 0.2) is 42.5 Å². The van der Waals surface area contributed by atoms with Crippen molar-refractivity contribution >= 4 is 17.5 Å². The molecule has 0 unspecified atom stereocenters. The van der Waals surface area contributed by atoms with Crippen molar-refractivity contribution < 1.29 is 19.1 Å². The molecule has 0 aromatic heterocycles. The fourth-order valence-corrected chi connectivity index (χ4v) is 3.69. The van der Waals surface area contributed by atoms with Gasteiger partial charge in [-0.25, -0.2) is 0 Å². The number of aryl methyl sites for hydroxylation is 1. The quantitative estimate of drug-likeness (QED) is 0.683. The topological polar surface area (TPSA) is 62.3 Å². The molecule has 0 radical (unpaired) electrons. The number of amides is 2. The molecular formula is C24H31N3O4. The maximum absolute atomic E-state index is 12.8. The first-order valence-electron chi connectivity index (χ1n) is 10.5. The van der Waals surface area contributed by atoms with Crippen LogP contribution in [0, 0.1) is 0 Å². The van der Waals surface area contributed by atoms with Gasteiger partial charge >= 0.3 is 0 Å². The second kappa shape index (κ2) is 10.2. The third kappa shape index (κ3) is 5.48. The van der Waals surface area contributed by atoms with Crippen LogP contribution in [0.1, 0.15) is 22.3 Å². The lowest BCUT2D eigenvalue weighted by molar-refractivity contribution is -0.132. The van der Waals surface area contributed by atoms with E-state index in [1.807, 2.05) is 71.3 Å². The van der Waals surface area contributed by atoms with Gasteiger partial charge in [0, 0.05) is 57.9 Å². The molecule has 0 atom stereocenters. The highest BCUT2D eigenvalue weighted by molar-refractivity contribution is 5.94. The summed E-state index contributed by atoms with van der Waals surface area (Å²) in [4.78, 5) is 31.1. The lowest BCUT2D eigenvalue weighted by atomic mass is 10.1. The van der Waals surface area contributed by atoms with Crippen molar-refractivity contribution in [2.75, 3.05) is 59.4 Å². The Bertz CT molecular complexity index is 904. The van der Waals surface area contributed by atoms with Gasteiger partial charge in [0.25, 0.3) is 5.91 Å². The van der Waals surface area contributed by atoms with E-state index in [2.05, 4.69) is 0 Å². The molecule has 7 nitrogen and oxygen atoms in total. The fourth-order valence-electron chi connectivity index (χ4n) is 3.69. The van der Waals surface area contributed by atoms with Crippen LogP contribution < -0.4 is 14.4 Å². The van der Waals surface area contributed by atoms with Gasteiger partial charge in [-0.3, -0.25) is 9.59 Å². The summed E-state index contributed by atoms with van der Waals surface area (Å²) in [5, 5.41) is 0. The number of nitrogens with zero attached hydrogens (tertiary/aromatic N) is 3. The van der Waals surface area contributed by atoms with Crippen LogP contribution in [0.4, 0.5) is 5.69 Å². The molecule has 2 aromatic rings. The summed E-state index contributed by atoms with van der Waals surface area (Å²) in [6.07, 6.45) is 1.06. The van der Waals surface area contributed by atoms with Crippen LogP contribution >= 0.6 is 0 Å². The number of carbonyl (C=O) groups excluding carboxylic acids is 2. The SMILES string of the molecule is COc1ccc(CCC(=O)N2CCN(C(=O)c3ccc(N(C)C)cc3)CC2)cc1OC. The van der Waals surface area contributed by atoms with E-state index in [1.165, 1.54) is 0 Å². The van der Waals surface area contributed by atoms with Gasteiger partial charge in [-0.2, -0.15) is 0 Å². The largest absolute Gasteiger partial charge is 0.493 e. The molecule has 0 aliphatic carbocycles. The molecule has 0 saturated carbocycles. The minimum Gasteiger partial charge on any atom is -0.493 e. The zero-order valence-corrected chi connectivity index (χ0v) is 18.8. The summed E-state index contributed by atoms with van der Waals surface area (Å²) in [6.45, 7) is 2.23. The molecule has 166 valence electrons. The molecule has 31 heavy (non-hydrogen) atoms. The van der Waals surface area contributed by atoms with E-state index in [-0.39, 0.29) is 11.8 Å². The third-order valence-corrected chi connectivity index (χ3v) is 5.63. The predicted octanol–water partition coefficient (Wildman–Crippen LogP) is 2.69. The molecule has 1 aliphatic heterocycles. The number of hydrogen-bond acceptors (Lipinski definition) is 5. The van der Waals surface area contributed by atoms with Gasteiger partial charge in [0.05, 0.1) is 14.2 Å². The third-order valence-electron chi connectivity index (χ3n) is 5.63. The van der Waals surface area contributed by atoms with E-state index in [1.54, 1.807) is 14.2 Å². The first kappa shape index (κ1) is 22.5. The van der Waals surface area contributed by atoms with Gasteiger partial charge in [-0.1, -0.05) is 6.07 Å². The molecule has 2 amide bonds. The Balaban J connectivity index is 1.50. The number of carbonyl (C=O) groups is 2. The highest BCUT2D eigenvalue weighted by atomic mass is 16.5. The van der Waals surface area contributed by atoms with Crippen molar-refractivity contribution in [2.24, 2.45) is 0 Å². The summed E-state index contributed by atoms with van der Waals surface area (Å²) < 4.78 is 10.6. The zero-order valence-electron chi connectivity index (χ0n) is 18.8. The Morgan fingerprint density at radius 2 is 1.48 bits per heavy atom. The highest BCUT2D eigenvalue weighted by Crippen LogP contribution is 2.28. The standard InChI is InChI=1S/C24H31N3O4/c1-25(2)20-9-7-19(8-10-20)24(29)27-15-13-26(14-16-27)23(28)12-6-18-5-11-21(30-3)22(17-18)31-4/h5,7-11,17H,6,12-16H2,1-4H3. The van der Waals surface area contributed by atoms with Crippen LogP contribution in [-0.2, 0) is 11.2 Å². The molecule has 1 heterocycles. The minimum atomic E-state index is 0.0164. The number of methoxy groups -OCH3 is 2. The van der Waals surface area contributed by atoms with Crippen LogP contribution in [-0.4, -0.2) is 76.1 Å². The molecule has 0 N–H and O–H groups in total. The molecule has 3 rings (SSSR count). The van der Waals surface area contributed by atoms with Gasteiger partial charge in [0.2, 0.25) is 5.91 Å². The van der Waals surface area contributed by atoms with E-state index < -0.39 is 0 Å². The van der Waals surface area contributed by atoms with E-state index in [0.29, 0.717) is 56.1 Å². The molecule has 2 aromatic carbocycles. The number of benzene rings is 2. The van der Waals surface area contributed by atoms with Crippen molar-refractivity contribution in [3.63, 3.8) is 0 Å². The fraction of sp³-hybridized carbons (Fsp3) is 0.417. The molecule has 1 saturated heterocycles. The second-order valence-electron chi connectivity index (χ2n) is 7.80.